The number of aromatic carboxylic acids is 1. The average Bonchev–Trinajstić information content (AvgIpc) is 2.65. The van der Waals surface area contributed by atoms with Crippen molar-refractivity contribution in [3.8, 4) is 0 Å². The number of carboxylic acid groups (broad SMARTS) is 1. The highest BCUT2D eigenvalue weighted by molar-refractivity contribution is 6.17. The Morgan fingerprint density at radius 2 is 1.65 bits per heavy atom. The molecule has 0 spiro atoms. The van der Waals surface area contributed by atoms with Crippen molar-refractivity contribution in [1.29, 1.82) is 0 Å². The van der Waals surface area contributed by atoms with E-state index < -0.39 is 5.97 Å². The molecule has 0 aliphatic rings. The van der Waals surface area contributed by atoms with Crippen LogP contribution in [0.15, 0.2) is 36.4 Å². The first kappa shape index (κ1) is 23.3. The van der Waals surface area contributed by atoms with E-state index in [0.717, 1.165) is 40.8 Å². The highest BCUT2D eigenvalue weighted by atomic mass is 16.4. The largest absolute Gasteiger partial charge is 0.478 e. The van der Waals surface area contributed by atoms with Crippen molar-refractivity contribution in [1.82, 2.24) is 0 Å². The summed E-state index contributed by atoms with van der Waals surface area (Å²) in [7, 11) is 0. The molecule has 166 valence electrons. The van der Waals surface area contributed by atoms with Crippen LogP contribution in [-0.2, 0) is 5.41 Å². The molecular weight excluding hydrogens is 380 g/mol. The Morgan fingerprint density at radius 1 is 0.968 bits per heavy atom. The van der Waals surface area contributed by atoms with E-state index in [1.54, 1.807) is 0 Å². The number of carbonyl (C=O) groups is 1. The number of carboxylic acids is 1. The van der Waals surface area contributed by atoms with E-state index in [2.05, 4.69) is 60.6 Å². The van der Waals surface area contributed by atoms with Crippen molar-refractivity contribution in [2.75, 3.05) is 0 Å². The molecule has 3 aromatic rings. The van der Waals surface area contributed by atoms with E-state index in [9.17, 15) is 9.90 Å². The molecule has 1 atom stereocenters. The third-order valence-corrected chi connectivity index (χ3v) is 6.74. The van der Waals surface area contributed by atoms with Crippen molar-refractivity contribution in [3.63, 3.8) is 0 Å². The summed E-state index contributed by atoms with van der Waals surface area (Å²) >= 11 is 0. The molecule has 1 unspecified atom stereocenters. The minimum atomic E-state index is -0.835. The Kier molecular flexibility index (Phi) is 6.51. The lowest BCUT2D eigenvalue weighted by molar-refractivity contribution is 0.0701. The predicted molar refractivity (Wildman–Crippen MR) is 133 cm³/mol. The van der Waals surface area contributed by atoms with Crippen LogP contribution < -0.4 is 0 Å². The lowest BCUT2D eigenvalue weighted by Crippen LogP contribution is -2.30. The van der Waals surface area contributed by atoms with Crippen LogP contribution in [0.5, 0.6) is 0 Å². The summed E-state index contributed by atoms with van der Waals surface area (Å²) < 4.78 is 0. The molecular formula is C29H38O2. The van der Waals surface area contributed by atoms with Crippen molar-refractivity contribution in [2.45, 2.75) is 86.0 Å². The molecule has 3 aromatic carbocycles. The van der Waals surface area contributed by atoms with Gasteiger partial charge in [0.05, 0.1) is 5.56 Å². The van der Waals surface area contributed by atoms with Gasteiger partial charge in [-0.15, -0.1) is 0 Å². The fourth-order valence-electron chi connectivity index (χ4n) is 5.69. The van der Waals surface area contributed by atoms with Gasteiger partial charge in [-0.2, -0.15) is 0 Å². The van der Waals surface area contributed by atoms with E-state index in [0.29, 0.717) is 5.56 Å². The molecule has 0 bridgehead atoms. The Hall–Kier alpha value is -2.35. The van der Waals surface area contributed by atoms with Crippen molar-refractivity contribution < 1.29 is 9.90 Å². The van der Waals surface area contributed by atoms with Crippen LogP contribution >= 0.6 is 0 Å². The number of hydrogen-bond donors (Lipinski definition) is 1. The van der Waals surface area contributed by atoms with E-state index in [1.165, 1.54) is 29.5 Å². The standard InChI is InChI=1S/C29H38O2/c1-8-9-12-15-29(7,18-28(4,5)6)26-20(3)19(2)16-22-17-21-13-10-11-14-23(21)25(24(22)26)27(30)31/h10-11,13-14,16-17H,8-9,12,15,18H2,1-7H3,(H,30,31). The first-order valence-corrected chi connectivity index (χ1v) is 11.7. The summed E-state index contributed by atoms with van der Waals surface area (Å²) in [5.74, 6) is -0.835. The summed E-state index contributed by atoms with van der Waals surface area (Å²) in [6.45, 7) is 15.9. The minimum Gasteiger partial charge on any atom is -0.478 e. The van der Waals surface area contributed by atoms with Crippen molar-refractivity contribution in [2.24, 2.45) is 5.41 Å². The van der Waals surface area contributed by atoms with Crippen LogP contribution in [0.3, 0.4) is 0 Å². The summed E-state index contributed by atoms with van der Waals surface area (Å²) in [5, 5.41) is 14.2. The van der Waals surface area contributed by atoms with Crippen LogP contribution in [0, 0.1) is 19.3 Å². The van der Waals surface area contributed by atoms with Gasteiger partial charge in [0.2, 0.25) is 0 Å². The van der Waals surface area contributed by atoms with Gasteiger partial charge in [-0.25, -0.2) is 4.79 Å². The quantitative estimate of drug-likeness (QED) is 0.308. The van der Waals surface area contributed by atoms with E-state index in [1.807, 2.05) is 24.3 Å². The molecule has 0 radical (unpaired) electrons. The Morgan fingerprint density at radius 3 is 2.26 bits per heavy atom. The normalized spacial score (nSPS) is 14.2. The van der Waals surface area contributed by atoms with E-state index in [4.69, 9.17) is 0 Å². The van der Waals surface area contributed by atoms with Crippen LogP contribution in [-0.4, -0.2) is 11.1 Å². The molecule has 0 saturated carbocycles. The third kappa shape index (κ3) is 4.63. The molecule has 31 heavy (non-hydrogen) atoms. The molecule has 0 fully saturated rings. The second kappa shape index (κ2) is 8.65. The van der Waals surface area contributed by atoms with Gasteiger partial charge in [-0.05, 0) is 76.4 Å². The number of rotatable bonds is 7. The summed E-state index contributed by atoms with van der Waals surface area (Å²) in [4.78, 5) is 12.6. The molecule has 2 nitrogen and oxygen atoms in total. The molecule has 1 N–H and O–H groups in total. The average molecular weight is 419 g/mol. The Balaban J connectivity index is 2.47. The van der Waals surface area contributed by atoms with Crippen LogP contribution in [0.25, 0.3) is 21.5 Å². The molecule has 0 heterocycles. The van der Waals surface area contributed by atoms with Gasteiger partial charge in [0, 0.05) is 5.39 Å². The first-order chi connectivity index (χ1) is 14.5. The highest BCUT2D eigenvalue weighted by Gasteiger charge is 2.36. The molecule has 2 heteroatoms. The Labute approximate surface area is 187 Å². The topological polar surface area (TPSA) is 37.3 Å². The molecule has 0 aliphatic carbocycles. The molecule has 0 aromatic heterocycles. The van der Waals surface area contributed by atoms with Gasteiger partial charge in [-0.3, -0.25) is 0 Å². The second-order valence-electron chi connectivity index (χ2n) is 10.8. The zero-order valence-electron chi connectivity index (χ0n) is 20.4. The van der Waals surface area contributed by atoms with Gasteiger partial charge in [0.1, 0.15) is 0 Å². The first-order valence-electron chi connectivity index (χ1n) is 11.7. The van der Waals surface area contributed by atoms with Crippen LogP contribution in [0.2, 0.25) is 0 Å². The van der Waals surface area contributed by atoms with Gasteiger partial charge < -0.3 is 5.11 Å². The lowest BCUT2D eigenvalue weighted by Gasteiger charge is -2.39. The summed E-state index contributed by atoms with van der Waals surface area (Å²) in [6.07, 6.45) is 5.65. The smallest absolute Gasteiger partial charge is 0.336 e. The fraction of sp³-hybridized carbons (Fsp3) is 0.483. The predicted octanol–water partition coefficient (Wildman–Crippen LogP) is 8.58. The number of aryl methyl sites for hydroxylation is 1. The number of benzene rings is 3. The van der Waals surface area contributed by atoms with Gasteiger partial charge in [0.25, 0.3) is 0 Å². The second-order valence-corrected chi connectivity index (χ2v) is 10.8. The van der Waals surface area contributed by atoms with Gasteiger partial charge in [0.15, 0.2) is 0 Å². The lowest BCUT2D eigenvalue weighted by atomic mass is 9.65. The zero-order chi connectivity index (χ0) is 23.0. The fourth-order valence-corrected chi connectivity index (χ4v) is 5.69. The minimum absolute atomic E-state index is 0.0889. The molecule has 3 rings (SSSR count). The van der Waals surface area contributed by atoms with E-state index in [-0.39, 0.29) is 10.8 Å². The van der Waals surface area contributed by atoms with Crippen molar-refractivity contribution >= 4 is 27.5 Å². The third-order valence-electron chi connectivity index (χ3n) is 6.74. The maximum absolute atomic E-state index is 12.6. The van der Waals surface area contributed by atoms with Crippen LogP contribution in [0.4, 0.5) is 0 Å². The maximum Gasteiger partial charge on any atom is 0.336 e. The monoisotopic (exact) mass is 418 g/mol. The Bertz CT molecular complexity index is 1120. The summed E-state index contributed by atoms with van der Waals surface area (Å²) in [6, 6.07) is 12.3. The maximum atomic E-state index is 12.6. The number of hydrogen-bond acceptors (Lipinski definition) is 1. The molecule has 0 amide bonds. The van der Waals surface area contributed by atoms with Gasteiger partial charge >= 0.3 is 5.97 Å². The summed E-state index contributed by atoms with van der Waals surface area (Å²) in [5.41, 5.74) is 4.25. The molecule has 0 aliphatic heterocycles. The van der Waals surface area contributed by atoms with E-state index >= 15 is 0 Å². The van der Waals surface area contributed by atoms with Crippen molar-refractivity contribution in [3.05, 3.63) is 58.7 Å². The van der Waals surface area contributed by atoms with Crippen LogP contribution in [0.1, 0.15) is 93.8 Å². The molecule has 0 saturated heterocycles. The SMILES string of the molecule is CCCCCC(C)(CC(C)(C)C)c1c(C)c(C)cc2cc3ccccc3c(C(=O)O)c12. The number of fused-ring (bicyclic) bond motifs is 2. The van der Waals surface area contributed by atoms with Gasteiger partial charge in [-0.1, -0.05) is 84.2 Å². The zero-order valence-corrected chi connectivity index (χ0v) is 20.4. The highest BCUT2D eigenvalue weighted by Crippen LogP contribution is 2.47. The number of unbranched alkanes of at least 4 members (excludes halogenated alkanes) is 2.